The van der Waals surface area contributed by atoms with E-state index in [0.717, 1.165) is 5.56 Å². The van der Waals surface area contributed by atoms with Gasteiger partial charge in [0.1, 0.15) is 12.2 Å². The van der Waals surface area contributed by atoms with Gasteiger partial charge in [0.2, 0.25) is 0 Å². The molecule has 0 radical (unpaired) electrons. The molecule has 1 aromatic rings. The molecule has 0 aliphatic carbocycles. The zero-order chi connectivity index (χ0) is 7.68. The number of rotatable bonds is 2. The third-order valence-corrected chi connectivity index (χ3v) is 1.85. The second-order valence-electron chi connectivity index (χ2n) is 2.73. The standard InChI is InChI=1S/C9H10O2/c10-9(8-6-11-8)7-4-2-1-3-5-7/h1-5,8-10H,6H2. The summed E-state index contributed by atoms with van der Waals surface area (Å²) in [7, 11) is 0. The Bertz CT molecular complexity index is 229. The van der Waals surface area contributed by atoms with Crippen molar-refractivity contribution in [2.45, 2.75) is 12.2 Å². The zero-order valence-electron chi connectivity index (χ0n) is 6.10. The highest BCUT2D eigenvalue weighted by molar-refractivity contribution is 5.19. The van der Waals surface area contributed by atoms with Gasteiger partial charge in [0.15, 0.2) is 0 Å². The van der Waals surface area contributed by atoms with Gasteiger partial charge in [-0.25, -0.2) is 0 Å². The van der Waals surface area contributed by atoms with Crippen LogP contribution >= 0.6 is 0 Å². The molecule has 2 heteroatoms. The van der Waals surface area contributed by atoms with Crippen LogP contribution in [0.4, 0.5) is 0 Å². The Labute approximate surface area is 65.4 Å². The van der Waals surface area contributed by atoms with Crippen molar-refractivity contribution in [1.29, 1.82) is 0 Å². The summed E-state index contributed by atoms with van der Waals surface area (Å²) >= 11 is 0. The van der Waals surface area contributed by atoms with E-state index in [4.69, 9.17) is 4.74 Å². The van der Waals surface area contributed by atoms with E-state index in [9.17, 15) is 5.11 Å². The van der Waals surface area contributed by atoms with E-state index < -0.39 is 6.10 Å². The average molecular weight is 150 g/mol. The molecule has 2 nitrogen and oxygen atoms in total. The summed E-state index contributed by atoms with van der Waals surface area (Å²) < 4.78 is 4.97. The van der Waals surface area contributed by atoms with Crippen LogP contribution in [0.3, 0.4) is 0 Å². The van der Waals surface area contributed by atoms with Crippen molar-refractivity contribution in [2.75, 3.05) is 6.61 Å². The van der Waals surface area contributed by atoms with Gasteiger partial charge in [-0.3, -0.25) is 0 Å². The predicted molar refractivity (Wildman–Crippen MR) is 41.1 cm³/mol. The van der Waals surface area contributed by atoms with E-state index in [-0.39, 0.29) is 6.10 Å². The summed E-state index contributed by atoms with van der Waals surface area (Å²) in [4.78, 5) is 0. The van der Waals surface area contributed by atoms with Crippen molar-refractivity contribution >= 4 is 0 Å². The van der Waals surface area contributed by atoms with E-state index in [0.29, 0.717) is 6.61 Å². The average Bonchev–Trinajstić information content (AvgIpc) is 2.87. The molecule has 1 aliphatic heterocycles. The van der Waals surface area contributed by atoms with Gasteiger partial charge in [0.25, 0.3) is 0 Å². The van der Waals surface area contributed by atoms with Crippen molar-refractivity contribution in [3.8, 4) is 0 Å². The second-order valence-corrected chi connectivity index (χ2v) is 2.73. The third kappa shape index (κ3) is 1.42. The maximum absolute atomic E-state index is 9.54. The molecule has 2 rings (SSSR count). The van der Waals surface area contributed by atoms with Crippen LogP contribution in [-0.2, 0) is 4.74 Å². The molecule has 11 heavy (non-hydrogen) atoms. The van der Waals surface area contributed by atoms with E-state index >= 15 is 0 Å². The molecular formula is C9H10O2. The van der Waals surface area contributed by atoms with E-state index in [1.807, 2.05) is 30.3 Å². The smallest absolute Gasteiger partial charge is 0.111 e. The first-order valence-corrected chi connectivity index (χ1v) is 3.72. The van der Waals surface area contributed by atoms with Gasteiger partial charge < -0.3 is 9.84 Å². The molecule has 0 amide bonds. The monoisotopic (exact) mass is 150 g/mol. The first kappa shape index (κ1) is 6.83. The number of epoxide rings is 1. The van der Waals surface area contributed by atoms with Crippen LogP contribution in [0.15, 0.2) is 30.3 Å². The predicted octanol–water partition coefficient (Wildman–Crippen LogP) is 1.12. The van der Waals surface area contributed by atoms with Gasteiger partial charge in [0, 0.05) is 0 Å². The first-order valence-electron chi connectivity index (χ1n) is 3.72. The molecule has 0 spiro atoms. The molecule has 1 N–H and O–H groups in total. The molecule has 0 saturated carbocycles. The van der Waals surface area contributed by atoms with E-state index in [1.165, 1.54) is 0 Å². The molecular weight excluding hydrogens is 140 g/mol. The molecule has 0 aromatic heterocycles. The summed E-state index contributed by atoms with van der Waals surface area (Å²) in [5, 5.41) is 9.54. The Morgan fingerprint density at radius 2 is 2.00 bits per heavy atom. The lowest BCUT2D eigenvalue weighted by atomic mass is 10.1. The van der Waals surface area contributed by atoms with Crippen LogP contribution in [0.25, 0.3) is 0 Å². The van der Waals surface area contributed by atoms with Crippen molar-refractivity contribution in [2.24, 2.45) is 0 Å². The fourth-order valence-electron chi connectivity index (χ4n) is 1.10. The highest BCUT2D eigenvalue weighted by Crippen LogP contribution is 2.26. The summed E-state index contributed by atoms with van der Waals surface area (Å²) in [6.07, 6.45) is -0.395. The summed E-state index contributed by atoms with van der Waals surface area (Å²) in [6.45, 7) is 0.691. The molecule has 0 bridgehead atoms. The molecule has 2 atom stereocenters. The molecule has 1 heterocycles. The molecule has 1 aliphatic rings. The Hall–Kier alpha value is -0.860. The maximum atomic E-state index is 9.54. The summed E-state index contributed by atoms with van der Waals surface area (Å²) in [5.74, 6) is 0. The number of hydrogen-bond donors (Lipinski definition) is 1. The largest absolute Gasteiger partial charge is 0.386 e. The molecule has 2 unspecified atom stereocenters. The minimum atomic E-state index is -0.434. The van der Waals surface area contributed by atoms with Crippen LogP contribution in [0.2, 0.25) is 0 Å². The lowest BCUT2D eigenvalue weighted by Gasteiger charge is -2.05. The number of aliphatic hydroxyl groups is 1. The van der Waals surface area contributed by atoms with Gasteiger partial charge in [-0.05, 0) is 5.56 Å². The minimum Gasteiger partial charge on any atom is -0.386 e. The molecule has 1 aromatic carbocycles. The zero-order valence-corrected chi connectivity index (χ0v) is 6.10. The van der Waals surface area contributed by atoms with E-state index in [1.54, 1.807) is 0 Å². The normalized spacial score (nSPS) is 24.6. The number of benzene rings is 1. The van der Waals surface area contributed by atoms with Crippen molar-refractivity contribution in [3.05, 3.63) is 35.9 Å². The Morgan fingerprint density at radius 1 is 1.36 bits per heavy atom. The minimum absolute atomic E-state index is 0.0393. The number of hydrogen-bond acceptors (Lipinski definition) is 2. The van der Waals surface area contributed by atoms with Crippen LogP contribution in [0.5, 0.6) is 0 Å². The lowest BCUT2D eigenvalue weighted by Crippen LogP contribution is -2.03. The van der Waals surface area contributed by atoms with Crippen LogP contribution in [0.1, 0.15) is 11.7 Å². The number of aliphatic hydroxyl groups excluding tert-OH is 1. The maximum Gasteiger partial charge on any atom is 0.111 e. The second kappa shape index (κ2) is 2.64. The fourth-order valence-corrected chi connectivity index (χ4v) is 1.10. The quantitative estimate of drug-likeness (QED) is 0.641. The van der Waals surface area contributed by atoms with Gasteiger partial charge in [-0.1, -0.05) is 30.3 Å². The first-order chi connectivity index (χ1) is 5.38. The van der Waals surface area contributed by atoms with Gasteiger partial charge >= 0.3 is 0 Å². The van der Waals surface area contributed by atoms with Crippen LogP contribution < -0.4 is 0 Å². The van der Waals surface area contributed by atoms with Crippen molar-refractivity contribution in [3.63, 3.8) is 0 Å². The Kier molecular flexibility index (Phi) is 1.64. The Morgan fingerprint density at radius 3 is 2.55 bits per heavy atom. The number of ether oxygens (including phenoxy) is 1. The van der Waals surface area contributed by atoms with Gasteiger partial charge in [-0.2, -0.15) is 0 Å². The lowest BCUT2D eigenvalue weighted by molar-refractivity contribution is 0.137. The SMILES string of the molecule is OC(c1ccccc1)C1CO1. The van der Waals surface area contributed by atoms with Crippen molar-refractivity contribution in [1.82, 2.24) is 0 Å². The van der Waals surface area contributed by atoms with E-state index in [2.05, 4.69) is 0 Å². The van der Waals surface area contributed by atoms with Gasteiger partial charge in [-0.15, -0.1) is 0 Å². The molecule has 1 fully saturated rings. The topological polar surface area (TPSA) is 32.8 Å². The highest BCUT2D eigenvalue weighted by Gasteiger charge is 2.31. The third-order valence-electron chi connectivity index (χ3n) is 1.85. The van der Waals surface area contributed by atoms with Crippen molar-refractivity contribution < 1.29 is 9.84 Å². The Balaban J connectivity index is 2.15. The highest BCUT2D eigenvalue weighted by atomic mass is 16.6. The summed E-state index contributed by atoms with van der Waals surface area (Å²) in [6, 6.07) is 9.59. The fraction of sp³-hybridized carbons (Fsp3) is 0.333. The van der Waals surface area contributed by atoms with Gasteiger partial charge in [0.05, 0.1) is 6.61 Å². The molecule has 58 valence electrons. The van der Waals surface area contributed by atoms with Crippen LogP contribution in [-0.4, -0.2) is 17.8 Å². The summed E-state index contributed by atoms with van der Waals surface area (Å²) in [5.41, 5.74) is 0.940. The van der Waals surface area contributed by atoms with Crippen LogP contribution in [0, 0.1) is 0 Å². The molecule has 1 saturated heterocycles.